The summed E-state index contributed by atoms with van der Waals surface area (Å²) in [6.45, 7) is 0. The van der Waals surface area contributed by atoms with E-state index in [1.165, 1.54) is 19.2 Å². The number of carboxylic acid groups (broad SMARTS) is 1. The Morgan fingerprint density at radius 2 is 2.07 bits per heavy atom. The number of carbonyl (C=O) groups excluding carboxylic acids is 1. The number of benzene rings is 1. The van der Waals surface area contributed by atoms with E-state index in [1.54, 1.807) is 12.1 Å². The van der Waals surface area contributed by atoms with Gasteiger partial charge >= 0.3 is 6.09 Å². The first-order valence-electron chi connectivity index (χ1n) is 3.79. The molecule has 0 saturated carbocycles. The van der Waals surface area contributed by atoms with Crippen molar-refractivity contribution in [3.8, 4) is 0 Å². The van der Waals surface area contributed by atoms with Gasteiger partial charge in [0.2, 0.25) is 0 Å². The number of nitrogens with zero attached hydrogens (tertiary/aromatic N) is 1. The number of halogens is 1. The van der Waals surface area contributed by atoms with Gasteiger partial charge in [0.05, 0.1) is 0 Å². The summed E-state index contributed by atoms with van der Waals surface area (Å²) in [6.07, 6.45) is -1.30. The van der Waals surface area contributed by atoms with Crippen LogP contribution in [0, 0.1) is 0 Å². The molecule has 0 radical (unpaired) electrons. The van der Waals surface area contributed by atoms with E-state index in [0.29, 0.717) is 9.92 Å². The van der Waals surface area contributed by atoms with Gasteiger partial charge in [-0.3, -0.25) is 4.79 Å². The number of hydrogen-bond acceptors (Lipinski definition) is 2. The van der Waals surface area contributed by atoms with E-state index in [2.05, 4.69) is 0 Å². The van der Waals surface area contributed by atoms with Crippen LogP contribution in [0.15, 0.2) is 24.3 Å². The maximum Gasteiger partial charge on any atom is 0.414 e. The fourth-order valence-corrected chi connectivity index (χ4v) is 1.09. The van der Waals surface area contributed by atoms with Crippen molar-refractivity contribution in [1.82, 2.24) is 4.90 Å². The van der Waals surface area contributed by atoms with Crippen molar-refractivity contribution >= 4 is 23.6 Å². The highest BCUT2D eigenvalue weighted by molar-refractivity contribution is 6.31. The molecule has 0 atom stereocenters. The summed E-state index contributed by atoms with van der Waals surface area (Å²) in [4.78, 5) is 22.5. The fourth-order valence-electron chi connectivity index (χ4n) is 0.902. The molecule has 0 aliphatic heterocycles. The molecule has 4 nitrogen and oxygen atoms in total. The monoisotopic (exact) mass is 213 g/mol. The van der Waals surface area contributed by atoms with Gasteiger partial charge in [0.15, 0.2) is 0 Å². The minimum Gasteiger partial charge on any atom is -0.465 e. The quantitative estimate of drug-likeness (QED) is 0.777. The van der Waals surface area contributed by atoms with Crippen LogP contribution in [0.5, 0.6) is 0 Å². The Balaban J connectivity index is 2.95. The van der Waals surface area contributed by atoms with Gasteiger partial charge in [-0.2, -0.15) is 0 Å². The molecular formula is C9H8ClNO3. The van der Waals surface area contributed by atoms with Gasteiger partial charge in [0, 0.05) is 17.6 Å². The highest BCUT2D eigenvalue weighted by atomic mass is 35.5. The third-order valence-electron chi connectivity index (χ3n) is 1.66. The maximum absolute atomic E-state index is 11.4. The molecule has 0 unspecified atom stereocenters. The Labute approximate surface area is 85.7 Å². The molecule has 1 aromatic rings. The third-order valence-corrected chi connectivity index (χ3v) is 1.90. The maximum atomic E-state index is 11.4. The average molecular weight is 214 g/mol. The molecule has 1 N–H and O–H groups in total. The first kappa shape index (κ1) is 10.5. The zero-order valence-corrected chi connectivity index (χ0v) is 8.15. The predicted molar refractivity (Wildman–Crippen MR) is 51.6 cm³/mol. The number of hydrogen-bond donors (Lipinski definition) is 1. The van der Waals surface area contributed by atoms with E-state index in [0.717, 1.165) is 0 Å². The molecular weight excluding hydrogens is 206 g/mol. The smallest absolute Gasteiger partial charge is 0.414 e. The van der Waals surface area contributed by atoms with Gasteiger partial charge in [0.25, 0.3) is 5.91 Å². The zero-order valence-electron chi connectivity index (χ0n) is 7.40. The van der Waals surface area contributed by atoms with Gasteiger partial charge in [-0.15, -0.1) is 0 Å². The van der Waals surface area contributed by atoms with Crippen LogP contribution < -0.4 is 0 Å². The normalized spacial score (nSPS) is 9.57. The Kier molecular flexibility index (Phi) is 3.09. The lowest BCUT2D eigenvalue weighted by molar-refractivity contribution is 0.0782. The SMILES string of the molecule is CN(C(=O)O)C(=O)c1cccc(Cl)c1. The molecule has 14 heavy (non-hydrogen) atoms. The first-order valence-corrected chi connectivity index (χ1v) is 4.16. The molecule has 1 aromatic carbocycles. The van der Waals surface area contributed by atoms with E-state index in [-0.39, 0.29) is 5.56 Å². The van der Waals surface area contributed by atoms with E-state index in [9.17, 15) is 9.59 Å². The lowest BCUT2D eigenvalue weighted by atomic mass is 10.2. The highest BCUT2D eigenvalue weighted by Crippen LogP contribution is 2.12. The van der Waals surface area contributed by atoms with Crippen LogP contribution >= 0.6 is 11.6 Å². The van der Waals surface area contributed by atoms with Gasteiger partial charge in [-0.05, 0) is 18.2 Å². The van der Waals surface area contributed by atoms with E-state index in [1.807, 2.05) is 0 Å². The summed E-state index contributed by atoms with van der Waals surface area (Å²) in [6, 6.07) is 6.13. The molecule has 5 heteroatoms. The Morgan fingerprint density at radius 1 is 1.43 bits per heavy atom. The first-order chi connectivity index (χ1) is 6.52. The largest absolute Gasteiger partial charge is 0.465 e. The van der Waals surface area contributed by atoms with E-state index >= 15 is 0 Å². The van der Waals surface area contributed by atoms with Crippen LogP contribution in [0.2, 0.25) is 5.02 Å². The van der Waals surface area contributed by atoms with Gasteiger partial charge in [-0.1, -0.05) is 17.7 Å². The zero-order chi connectivity index (χ0) is 10.7. The van der Waals surface area contributed by atoms with Crippen molar-refractivity contribution < 1.29 is 14.7 Å². The van der Waals surface area contributed by atoms with Crippen LogP contribution in [0.25, 0.3) is 0 Å². The molecule has 2 amide bonds. The van der Waals surface area contributed by atoms with Crippen molar-refractivity contribution in [2.45, 2.75) is 0 Å². The number of amides is 2. The summed E-state index contributed by atoms with van der Waals surface area (Å²) >= 11 is 5.66. The summed E-state index contributed by atoms with van der Waals surface area (Å²) < 4.78 is 0. The summed E-state index contributed by atoms with van der Waals surface area (Å²) in [5.74, 6) is -0.597. The second-order valence-electron chi connectivity index (χ2n) is 2.66. The summed E-state index contributed by atoms with van der Waals surface area (Å²) in [5.41, 5.74) is 0.252. The second-order valence-corrected chi connectivity index (χ2v) is 3.09. The Morgan fingerprint density at radius 3 is 2.57 bits per heavy atom. The Bertz CT molecular complexity index is 378. The van der Waals surface area contributed by atoms with E-state index in [4.69, 9.17) is 16.7 Å². The predicted octanol–water partition coefficient (Wildman–Crippen LogP) is 2.09. The highest BCUT2D eigenvalue weighted by Gasteiger charge is 2.17. The number of carbonyl (C=O) groups is 2. The van der Waals surface area contributed by atoms with Crippen molar-refractivity contribution in [3.05, 3.63) is 34.9 Å². The van der Waals surface area contributed by atoms with Crippen LogP contribution in [0.4, 0.5) is 4.79 Å². The minimum absolute atomic E-state index is 0.252. The lowest BCUT2D eigenvalue weighted by Crippen LogP contribution is -2.31. The lowest BCUT2D eigenvalue weighted by Gasteiger charge is -2.10. The van der Waals surface area contributed by atoms with Gasteiger partial charge in [-0.25, -0.2) is 9.69 Å². The van der Waals surface area contributed by atoms with Crippen LogP contribution in [-0.2, 0) is 0 Å². The summed E-state index contributed by atoms with van der Waals surface area (Å²) in [7, 11) is 1.19. The van der Waals surface area contributed by atoms with Gasteiger partial charge < -0.3 is 5.11 Å². The summed E-state index contributed by atoms with van der Waals surface area (Å²) in [5, 5.41) is 8.95. The molecule has 0 aromatic heterocycles. The standard InChI is InChI=1S/C9H8ClNO3/c1-11(9(13)14)8(12)6-3-2-4-7(10)5-6/h2-5H,1H3,(H,13,14). The molecule has 0 spiro atoms. The third kappa shape index (κ3) is 2.23. The molecule has 0 heterocycles. The average Bonchev–Trinajstić information content (AvgIpc) is 2.15. The van der Waals surface area contributed by atoms with Gasteiger partial charge in [0.1, 0.15) is 0 Å². The Hall–Kier alpha value is -1.55. The molecule has 74 valence electrons. The molecule has 0 aliphatic rings. The van der Waals surface area contributed by atoms with Crippen LogP contribution in [0.1, 0.15) is 10.4 Å². The van der Waals surface area contributed by atoms with Crippen molar-refractivity contribution in [2.24, 2.45) is 0 Å². The topological polar surface area (TPSA) is 57.6 Å². The second kappa shape index (κ2) is 4.11. The van der Waals surface area contributed by atoms with Crippen molar-refractivity contribution in [2.75, 3.05) is 7.05 Å². The molecule has 0 fully saturated rings. The molecule has 0 aliphatic carbocycles. The van der Waals surface area contributed by atoms with Crippen LogP contribution in [-0.4, -0.2) is 29.1 Å². The fraction of sp³-hybridized carbons (Fsp3) is 0.111. The van der Waals surface area contributed by atoms with E-state index < -0.39 is 12.0 Å². The number of rotatable bonds is 1. The molecule has 0 bridgehead atoms. The minimum atomic E-state index is -1.30. The van der Waals surface area contributed by atoms with Crippen molar-refractivity contribution in [3.63, 3.8) is 0 Å². The molecule has 0 saturated heterocycles. The van der Waals surface area contributed by atoms with Crippen molar-refractivity contribution in [1.29, 1.82) is 0 Å². The van der Waals surface area contributed by atoms with Crippen LogP contribution in [0.3, 0.4) is 0 Å². The number of imide groups is 1. The molecule has 1 rings (SSSR count).